The topological polar surface area (TPSA) is 109 Å². The third kappa shape index (κ3) is 3.05. The smallest absolute Gasteiger partial charge is 0.362 e. The van der Waals surface area contributed by atoms with E-state index in [9.17, 15) is 9.59 Å². The molecule has 0 saturated heterocycles. The van der Waals surface area contributed by atoms with Crippen molar-refractivity contribution in [2.24, 2.45) is 0 Å². The van der Waals surface area contributed by atoms with Crippen molar-refractivity contribution in [1.29, 1.82) is 0 Å². The van der Waals surface area contributed by atoms with E-state index in [2.05, 4.69) is 15.0 Å². The standard InChI is InChI=1S/C14H16N4O4/c1-3-8-22-13(19)9-4-6-10(7-5-9)18-12(15)11(16-17-18)14(20)21-2/h4-7H,3,8,15H2,1-2H3. The van der Waals surface area contributed by atoms with Gasteiger partial charge < -0.3 is 15.2 Å². The zero-order chi connectivity index (χ0) is 16.1. The van der Waals surface area contributed by atoms with Crippen LogP contribution < -0.4 is 5.73 Å². The van der Waals surface area contributed by atoms with Gasteiger partial charge >= 0.3 is 11.9 Å². The Kier molecular flexibility index (Phi) is 4.72. The highest BCUT2D eigenvalue weighted by Crippen LogP contribution is 2.16. The van der Waals surface area contributed by atoms with Gasteiger partial charge in [0.1, 0.15) is 0 Å². The van der Waals surface area contributed by atoms with E-state index in [0.717, 1.165) is 6.42 Å². The average Bonchev–Trinajstić information content (AvgIpc) is 2.93. The van der Waals surface area contributed by atoms with Crippen LogP contribution in [0.2, 0.25) is 0 Å². The number of carbonyl (C=O) groups is 2. The second-order valence-corrected chi connectivity index (χ2v) is 4.41. The molecule has 116 valence electrons. The molecule has 1 heterocycles. The lowest BCUT2D eigenvalue weighted by molar-refractivity contribution is 0.0504. The summed E-state index contributed by atoms with van der Waals surface area (Å²) in [6, 6.07) is 6.45. The fourth-order valence-corrected chi connectivity index (χ4v) is 1.74. The molecule has 0 aliphatic rings. The zero-order valence-corrected chi connectivity index (χ0v) is 12.3. The molecule has 2 aromatic rings. The number of benzene rings is 1. The third-order valence-corrected chi connectivity index (χ3v) is 2.87. The molecule has 0 amide bonds. The first kappa shape index (κ1) is 15.5. The summed E-state index contributed by atoms with van der Waals surface area (Å²) >= 11 is 0. The summed E-state index contributed by atoms with van der Waals surface area (Å²) in [4.78, 5) is 23.2. The SMILES string of the molecule is CCCOC(=O)c1ccc(-n2nnc(C(=O)OC)c2N)cc1. The zero-order valence-electron chi connectivity index (χ0n) is 12.3. The molecule has 0 spiro atoms. The van der Waals surface area contributed by atoms with Gasteiger partial charge in [0.15, 0.2) is 5.82 Å². The van der Waals surface area contributed by atoms with Crippen molar-refractivity contribution in [3.8, 4) is 5.69 Å². The van der Waals surface area contributed by atoms with Gasteiger partial charge in [-0.3, -0.25) is 0 Å². The number of carbonyl (C=O) groups excluding carboxylic acids is 2. The van der Waals surface area contributed by atoms with Gasteiger partial charge in [-0.15, -0.1) is 5.10 Å². The molecule has 0 aliphatic carbocycles. The molecule has 0 atom stereocenters. The highest BCUT2D eigenvalue weighted by Gasteiger charge is 2.18. The number of aromatic nitrogens is 3. The normalized spacial score (nSPS) is 10.3. The summed E-state index contributed by atoms with van der Waals surface area (Å²) in [6.07, 6.45) is 0.760. The molecular formula is C14H16N4O4. The number of hydrogen-bond acceptors (Lipinski definition) is 7. The Morgan fingerprint density at radius 2 is 1.91 bits per heavy atom. The number of ether oxygens (including phenoxy) is 2. The molecule has 1 aromatic carbocycles. The summed E-state index contributed by atoms with van der Waals surface area (Å²) < 4.78 is 10.9. The molecule has 0 aliphatic heterocycles. The molecule has 0 bridgehead atoms. The van der Waals surface area contributed by atoms with Gasteiger partial charge in [0, 0.05) is 0 Å². The molecule has 22 heavy (non-hydrogen) atoms. The fourth-order valence-electron chi connectivity index (χ4n) is 1.74. The first-order valence-electron chi connectivity index (χ1n) is 6.65. The summed E-state index contributed by atoms with van der Waals surface area (Å²) in [6.45, 7) is 2.29. The van der Waals surface area contributed by atoms with Crippen molar-refractivity contribution in [2.75, 3.05) is 19.5 Å². The second-order valence-electron chi connectivity index (χ2n) is 4.41. The second kappa shape index (κ2) is 6.70. The van der Waals surface area contributed by atoms with Gasteiger partial charge in [-0.1, -0.05) is 12.1 Å². The summed E-state index contributed by atoms with van der Waals surface area (Å²) in [5, 5.41) is 7.49. The van der Waals surface area contributed by atoms with E-state index in [1.165, 1.54) is 11.8 Å². The molecule has 2 N–H and O–H groups in total. The Bertz CT molecular complexity index is 679. The number of nitrogens with zero attached hydrogens (tertiary/aromatic N) is 3. The fraction of sp³-hybridized carbons (Fsp3) is 0.286. The highest BCUT2D eigenvalue weighted by molar-refractivity contribution is 5.92. The van der Waals surface area contributed by atoms with E-state index < -0.39 is 11.9 Å². The van der Waals surface area contributed by atoms with Crippen molar-refractivity contribution < 1.29 is 19.1 Å². The van der Waals surface area contributed by atoms with E-state index >= 15 is 0 Å². The van der Waals surface area contributed by atoms with E-state index in [-0.39, 0.29) is 11.5 Å². The number of nitrogen functional groups attached to an aromatic ring is 1. The van der Waals surface area contributed by atoms with Crippen molar-refractivity contribution >= 4 is 17.8 Å². The number of rotatable bonds is 5. The Morgan fingerprint density at radius 1 is 1.23 bits per heavy atom. The maximum atomic E-state index is 11.7. The number of nitrogens with two attached hydrogens (primary N) is 1. The first-order valence-corrected chi connectivity index (χ1v) is 6.65. The average molecular weight is 304 g/mol. The van der Waals surface area contributed by atoms with E-state index in [1.807, 2.05) is 6.92 Å². The lowest BCUT2D eigenvalue weighted by atomic mass is 10.2. The monoisotopic (exact) mass is 304 g/mol. The van der Waals surface area contributed by atoms with Crippen LogP contribution in [0.3, 0.4) is 0 Å². The van der Waals surface area contributed by atoms with Gasteiger partial charge in [-0.25, -0.2) is 9.59 Å². The van der Waals surface area contributed by atoms with Crippen LogP contribution in [0.1, 0.15) is 34.2 Å². The Hall–Kier alpha value is -2.90. The van der Waals surface area contributed by atoms with Crippen LogP contribution in [-0.4, -0.2) is 40.6 Å². The molecule has 8 heteroatoms. The van der Waals surface area contributed by atoms with Gasteiger partial charge in [-0.05, 0) is 30.7 Å². The lowest BCUT2D eigenvalue weighted by Crippen LogP contribution is -2.08. The van der Waals surface area contributed by atoms with E-state index in [1.54, 1.807) is 24.3 Å². The number of esters is 2. The van der Waals surface area contributed by atoms with Crippen LogP contribution in [0, 0.1) is 0 Å². The highest BCUT2D eigenvalue weighted by atomic mass is 16.5. The minimum Gasteiger partial charge on any atom is -0.464 e. The van der Waals surface area contributed by atoms with E-state index in [0.29, 0.717) is 17.9 Å². The number of anilines is 1. The summed E-state index contributed by atoms with van der Waals surface area (Å²) in [5.74, 6) is -0.994. The van der Waals surface area contributed by atoms with Crippen molar-refractivity contribution in [3.63, 3.8) is 0 Å². The van der Waals surface area contributed by atoms with Crippen LogP contribution in [0.4, 0.5) is 5.82 Å². The quantitative estimate of drug-likeness (QED) is 0.826. The Labute approximate surface area is 126 Å². The molecular weight excluding hydrogens is 288 g/mol. The van der Waals surface area contributed by atoms with Crippen LogP contribution in [0.15, 0.2) is 24.3 Å². The Balaban J connectivity index is 2.22. The van der Waals surface area contributed by atoms with Gasteiger partial charge in [0.05, 0.1) is 25.0 Å². The predicted molar refractivity (Wildman–Crippen MR) is 77.7 cm³/mol. The lowest BCUT2D eigenvalue weighted by Gasteiger charge is -2.05. The van der Waals surface area contributed by atoms with Crippen LogP contribution in [0.25, 0.3) is 5.69 Å². The predicted octanol–water partition coefficient (Wildman–Crippen LogP) is 1.20. The van der Waals surface area contributed by atoms with Gasteiger partial charge in [0.2, 0.25) is 5.69 Å². The summed E-state index contributed by atoms with van der Waals surface area (Å²) in [5.41, 5.74) is 6.74. The van der Waals surface area contributed by atoms with Gasteiger partial charge in [0.25, 0.3) is 0 Å². The third-order valence-electron chi connectivity index (χ3n) is 2.87. The largest absolute Gasteiger partial charge is 0.464 e. The van der Waals surface area contributed by atoms with Crippen LogP contribution in [0.5, 0.6) is 0 Å². The maximum absolute atomic E-state index is 11.7. The van der Waals surface area contributed by atoms with Crippen molar-refractivity contribution in [1.82, 2.24) is 15.0 Å². The molecule has 1 aromatic heterocycles. The molecule has 0 fully saturated rings. The minimum absolute atomic E-state index is 0.0612. The molecule has 0 unspecified atom stereocenters. The molecule has 0 saturated carbocycles. The molecule has 0 radical (unpaired) electrons. The van der Waals surface area contributed by atoms with E-state index in [4.69, 9.17) is 10.5 Å². The molecule has 2 rings (SSSR count). The van der Waals surface area contributed by atoms with Crippen molar-refractivity contribution in [2.45, 2.75) is 13.3 Å². The maximum Gasteiger partial charge on any atom is 0.362 e. The Morgan fingerprint density at radius 3 is 2.50 bits per heavy atom. The van der Waals surface area contributed by atoms with Crippen molar-refractivity contribution in [3.05, 3.63) is 35.5 Å². The first-order chi connectivity index (χ1) is 10.6. The minimum atomic E-state index is -0.663. The number of hydrogen-bond donors (Lipinski definition) is 1. The van der Waals surface area contributed by atoms with Gasteiger partial charge in [-0.2, -0.15) is 4.68 Å². The number of methoxy groups -OCH3 is 1. The summed E-state index contributed by atoms with van der Waals surface area (Å²) in [7, 11) is 1.23. The van der Waals surface area contributed by atoms with Crippen LogP contribution >= 0.6 is 0 Å². The van der Waals surface area contributed by atoms with Crippen LogP contribution in [-0.2, 0) is 9.47 Å². The molecule has 8 nitrogen and oxygen atoms in total.